The zero-order valence-electron chi connectivity index (χ0n) is 9.02. The van der Waals surface area contributed by atoms with Crippen LogP contribution < -0.4 is 0 Å². The van der Waals surface area contributed by atoms with Gasteiger partial charge in [0.2, 0.25) is 0 Å². The number of aryl methyl sites for hydroxylation is 1. The first-order valence-electron chi connectivity index (χ1n) is 5.33. The summed E-state index contributed by atoms with van der Waals surface area (Å²) in [6, 6.07) is 5.38. The Hall–Kier alpha value is -1.37. The van der Waals surface area contributed by atoms with Crippen molar-refractivity contribution < 1.29 is 4.39 Å². The van der Waals surface area contributed by atoms with Gasteiger partial charge in [0.1, 0.15) is 5.82 Å². The Balaban J connectivity index is 2.45. The van der Waals surface area contributed by atoms with Crippen molar-refractivity contribution in [1.29, 1.82) is 0 Å². The van der Waals surface area contributed by atoms with Crippen LogP contribution in [-0.4, -0.2) is 0 Å². The van der Waals surface area contributed by atoms with Crippen molar-refractivity contribution in [2.75, 3.05) is 0 Å². The monoisotopic (exact) mass is 202 g/mol. The van der Waals surface area contributed by atoms with Crippen molar-refractivity contribution in [3.8, 4) is 0 Å². The van der Waals surface area contributed by atoms with E-state index in [9.17, 15) is 4.39 Å². The van der Waals surface area contributed by atoms with E-state index in [1.807, 2.05) is 19.1 Å². The SMILES string of the molecule is C=C1CCCC=C1c1ccc(C)cc1F. The highest BCUT2D eigenvalue weighted by molar-refractivity contribution is 5.79. The molecule has 0 aliphatic heterocycles. The molecule has 1 aliphatic carbocycles. The van der Waals surface area contributed by atoms with Gasteiger partial charge in [-0.2, -0.15) is 0 Å². The lowest BCUT2D eigenvalue weighted by molar-refractivity contribution is 0.622. The van der Waals surface area contributed by atoms with Gasteiger partial charge in [-0.1, -0.05) is 24.8 Å². The molecule has 1 aliphatic rings. The minimum Gasteiger partial charge on any atom is -0.206 e. The maximum Gasteiger partial charge on any atom is 0.131 e. The molecule has 0 N–H and O–H groups in total. The number of benzene rings is 1. The van der Waals surface area contributed by atoms with Crippen LogP contribution in [0.15, 0.2) is 36.4 Å². The van der Waals surface area contributed by atoms with Crippen molar-refractivity contribution in [1.82, 2.24) is 0 Å². The number of rotatable bonds is 1. The maximum atomic E-state index is 13.7. The minimum atomic E-state index is -0.135. The van der Waals surface area contributed by atoms with Gasteiger partial charge in [0, 0.05) is 5.56 Å². The molecule has 1 heteroatoms. The van der Waals surface area contributed by atoms with Crippen molar-refractivity contribution in [3.05, 3.63) is 53.4 Å². The highest BCUT2D eigenvalue weighted by atomic mass is 19.1. The topological polar surface area (TPSA) is 0 Å². The van der Waals surface area contributed by atoms with Gasteiger partial charge < -0.3 is 0 Å². The number of hydrogen-bond donors (Lipinski definition) is 0. The van der Waals surface area contributed by atoms with E-state index >= 15 is 0 Å². The molecule has 0 aromatic heterocycles. The summed E-state index contributed by atoms with van der Waals surface area (Å²) >= 11 is 0. The molecule has 2 rings (SSSR count). The van der Waals surface area contributed by atoms with E-state index in [0.717, 1.165) is 36.0 Å². The molecule has 0 atom stereocenters. The van der Waals surface area contributed by atoms with Gasteiger partial charge in [-0.25, -0.2) is 4.39 Å². The highest BCUT2D eigenvalue weighted by Crippen LogP contribution is 2.32. The lowest BCUT2D eigenvalue weighted by atomic mass is 9.89. The lowest BCUT2D eigenvalue weighted by Crippen LogP contribution is -1.98. The first kappa shape index (κ1) is 10.2. The number of hydrogen-bond acceptors (Lipinski definition) is 0. The van der Waals surface area contributed by atoms with E-state index in [2.05, 4.69) is 12.7 Å². The van der Waals surface area contributed by atoms with E-state index in [4.69, 9.17) is 0 Å². The predicted molar refractivity (Wildman–Crippen MR) is 62.1 cm³/mol. The van der Waals surface area contributed by atoms with Crippen LogP contribution in [0.25, 0.3) is 5.57 Å². The number of allylic oxidation sites excluding steroid dienone is 3. The summed E-state index contributed by atoms with van der Waals surface area (Å²) in [5.74, 6) is -0.135. The van der Waals surface area contributed by atoms with E-state index in [0.29, 0.717) is 5.56 Å². The predicted octanol–water partition coefficient (Wildman–Crippen LogP) is 4.26. The molecule has 1 aromatic rings. The summed E-state index contributed by atoms with van der Waals surface area (Å²) in [5.41, 5.74) is 3.71. The van der Waals surface area contributed by atoms with Gasteiger partial charge >= 0.3 is 0 Å². The van der Waals surface area contributed by atoms with Crippen LogP contribution in [0.2, 0.25) is 0 Å². The standard InChI is InChI=1S/C14H15F/c1-10-7-8-13(14(15)9-10)12-6-4-3-5-11(12)2/h6-9H,2-5H2,1H3. The Morgan fingerprint density at radius 1 is 1.33 bits per heavy atom. The van der Waals surface area contributed by atoms with Crippen LogP contribution in [0.3, 0.4) is 0 Å². The molecule has 0 heterocycles. The van der Waals surface area contributed by atoms with Gasteiger partial charge in [0.25, 0.3) is 0 Å². The summed E-state index contributed by atoms with van der Waals surface area (Å²) in [4.78, 5) is 0. The molecule has 0 saturated carbocycles. The second kappa shape index (κ2) is 4.01. The molecular weight excluding hydrogens is 187 g/mol. The van der Waals surface area contributed by atoms with Gasteiger partial charge in [-0.05, 0) is 49.0 Å². The Bertz CT molecular complexity index is 427. The molecule has 0 nitrogen and oxygen atoms in total. The van der Waals surface area contributed by atoms with Gasteiger partial charge in [0.15, 0.2) is 0 Å². The van der Waals surface area contributed by atoms with Gasteiger partial charge in [-0.3, -0.25) is 0 Å². The van der Waals surface area contributed by atoms with Crippen LogP contribution in [-0.2, 0) is 0 Å². The molecular formula is C14H15F. The van der Waals surface area contributed by atoms with Crippen molar-refractivity contribution in [3.63, 3.8) is 0 Å². The summed E-state index contributed by atoms with van der Waals surface area (Å²) in [6.45, 7) is 5.90. The minimum absolute atomic E-state index is 0.135. The fourth-order valence-electron chi connectivity index (χ4n) is 1.98. The number of halogens is 1. The summed E-state index contributed by atoms with van der Waals surface area (Å²) in [5, 5.41) is 0. The third kappa shape index (κ3) is 2.01. The van der Waals surface area contributed by atoms with Gasteiger partial charge in [0.05, 0.1) is 0 Å². The molecule has 0 bridgehead atoms. The Kier molecular flexibility index (Phi) is 2.72. The first-order chi connectivity index (χ1) is 7.18. The second-order valence-electron chi connectivity index (χ2n) is 4.10. The Labute approximate surface area is 90.1 Å². The fourth-order valence-corrected chi connectivity index (χ4v) is 1.98. The van der Waals surface area contributed by atoms with E-state index < -0.39 is 0 Å². The molecule has 0 radical (unpaired) electrons. The molecule has 15 heavy (non-hydrogen) atoms. The van der Waals surface area contributed by atoms with Crippen LogP contribution in [0.1, 0.15) is 30.4 Å². The third-order valence-electron chi connectivity index (χ3n) is 2.83. The molecule has 0 saturated heterocycles. The van der Waals surface area contributed by atoms with Crippen LogP contribution >= 0.6 is 0 Å². The average molecular weight is 202 g/mol. The Morgan fingerprint density at radius 3 is 2.80 bits per heavy atom. The fraction of sp³-hybridized carbons (Fsp3) is 0.286. The van der Waals surface area contributed by atoms with E-state index in [-0.39, 0.29) is 5.82 Å². The lowest BCUT2D eigenvalue weighted by Gasteiger charge is -2.16. The van der Waals surface area contributed by atoms with E-state index in [1.54, 1.807) is 6.07 Å². The molecule has 0 amide bonds. The highest BCUT2D eigenvalue weighted by Gasteiger charge is 2.13. The molecule has 0 unspecified atom stereocenters. The summed E-state index contributed by atoms with van der Waals surface area (Å²) in [6.07, 6.45) is 5.25. The Morgan fingerprint density at radius 2 is 2.13 bits per heavy atom. The molecule has 0 spiro atoms. The van der Waals surface area contributed by atoms with Crippen molar-refractivity contribution in [2.45, 2.75) is 26.2 Å². The zero-order valence-corrected chi connectivity index (χ0v) is 9.02. The van der Waals surface area contributed by atoms with Gasteiger partial charge in [-0.15, -0.1) is 0 Å². The average Bonchev–Trinajstić information content (AvgIpc) is 2.20. The third-order valence-corrected chi connectivity index (χ3v) is 2.83. The van der Waals surface area contributed by atoms with E-state index in [1.165, 1.54) is 0 Å². The summed E-state index contributed by atoms with van der Waals surface area (Å²) in [7, 11) is 0. The normalized spacial score (nSPS) is 16.4. The smallest absolute Gasteiger partial charge is 0.131 e. The maximum absolute atomic E-state index is 13.7. The second-order valence-corrected chi connectivity index (χ2v) is 4.10. The summed E-state index contributed by atoms with van der Waals surface area (Å²) < 4.78 is 13.7. The largest absolute Gasteiger partial charge is 0.206 e. The van der Waals surface area contributed by atoms with Crippen molar-refractivity contribution in [2.24, 2.45) is 0 Å². The van der Waals surface area contributed by atoms with Crippen LogP contribution in [0.5, 0.6) is 0 Å². The van der Waals surface area contributed by atoms with Crippen LogP contribution in [0.4, 0.5) is 4.39 Å². The van der Waals surface area contributed by atoms with Crippen LogP contribution in [0, 0.1) is 12.7 Å². The zero-order chi connectivity index (χ0) is 10.8. The molecule has 78 valence electrons. The first-order valence-corrected chi connectivity index (χ1v) is 5.33. The van der Waals surface area contributed by atoms with Crippen molar-refractivity contribution >= 4 is 5.57 Å². The quantitative estimate of drug-likeness (QED) is 0.638. The molecule has 1 aromatic carbocycles. The molecule has 0 fully saturated rings.